The molecule has 0 saturated heterocycles. The fraction of sp³-hybridized carbons (Fsp3) is 0.800. The van der Waals surface area contributed by atoms with Gasteiger partial charge in [-0.25, -0.2) is 0 Å². The molecule has 1 N–H and O–H groups in total. The van der Waals surface area contributed by atoms with Crippen molar-refractivity contribution in [2.45, 2.75) is 26.3 Å². The average Bonchev–Trinajstić information content (AvgIpc) is 2.03. The fourth-order valence-corrected chi connectivity index (χ4v) is 1.05. The predicted molar refractivity (Wildman–Crippen MR) is 54.1 cm³/mol. The molecule has 0 fully saturated rings. The van der Waals surface area contributed by atoms with E-state index in [9.17, 15) is 0 Å². The summed E-state index contributed by atoms with van der Waals surface area (Å²) in [5, 5.41) is 3.25. The van der Waals surface area contributed by atoms with Crippen LogP contribution in [0.4, 0.5) is 0 Å². The van der Waals surface area contributed by atoms with Crippen LogP contribution in [0.1, 0.15) is 20.8 Å². The summed E-state index contributed by atoms with van der Waals surface area (Å²) in [5.41, 5.74) is 0.146. The molecule has 0 aliphatic carbocycles. The van der Waals surface area contributed by atoms with Crippen LogP contribution in [0.25, 0.3) is 0 Å². The number of likely N-dealkylation sites (N-methyl/N-ethyl adjacent to an activating group) is 2. The summed E-state index contributed by atoms with van der Waals surface area (Å²) in [4.78, 5) is 2.25. The minimum Gasteiger partial charge on any atom is -0.314 e. The van der Waals surface area contributed by atoms with Gasteiger partial charge in [0.15, 0.2) is 0 Å². The molecule has 0 unspecified atom stereocenters. The third kappa shape index (κ3) is 4.38. The lowest BCUT2D eigenvalue weighted by Gasteiger charge is -2.30. The lowest BCUT2D eigenvalue weighted by Crippen LogP contribution is -2.47. The quantitative estimate of drug-likeness (QED) is 0.615. The van der Waals surface area contributed by atoms with Crippen molar-refractivity contribution in [3.8, 4) is 12.3 Å². The fourth-order valence-electron chi connectivity index (χ4n) is 1.05. The van der Waals surface area contributed by atoms with Crippen LogP contribution in [-0.4, -0.2) is 37.1 Å². The first-order valence-corrected chi connectivity index (χ1v) is 4.40. The molecule has 0 rings (SSSR count). The summed E-state index contributed by atoms with van der Waals surface area (Å²) in [5.74, 6) is 2.66. The Balaban J connectivity index is 3.94. The normalized spacial score (nSPS) is 11.7. The minimum atomic E-state index is 0.146. The molecule has 0 saturated carbocycles. The first-order valence-electron chi connectivity index (χ1n) is 4.40. The first-order chi connectivity index (χ1) is 5.55. The van der Waals surface area contributed by atoms with E-state index in [4.69, 9.17) is 6.42 Å². The van der Waals surface area contributed by atoms with Crippen LogP contribution in [0.5, 0.6) is 0 Å². The molecule has 0 aromatic carbocycles. The summed E-state index contributed by atoms with van der Waals surface area (Å²) in [6.45, 7) is 9.21. The standard InChI is InChI=1S/C10H20N2/c1-6-8-12(7-2)9-10(3,4)11-5/h1,11H,7-9H2,2-5H3. The van der Waals surface area contributed by atoms with Gasteiger partial charge in [-0.1, -0.05) is 12.8 Å². The molecule has 12 heavy (non-hydrogen) atoms. The van der Waals surface area contributed by atoms with Crippen LogP contribution in [0.15, 0.2) is 0 Å². The Hall–Kier alpha value is -0.520. The van der Waals surface area contributed by atoms with Crippen LogP contribution in [0.3, 0.4) is 0 Å². The van der Waals surface area contributed by atoms with E-state index < -0.39 is 0 Å². The van der Waals surface area contributed by atoms with Crippen molar-refractivity contribution in [1.29, 1.82) is 0 Å². The highest BCUT2D eigenvalue weighted by Gasteiger charge is 2.17. The van der Waals surface area contributed by atoms with Gasteiger partial charge in [-0.05, 0) is 27.4 Å². The van der Waals surface area contributed by atoms with Gasteiger partial charge in [0.25, 0.3) is 0 Å². The number of nitrogens with zero attached hydrogens (tertiary/aromatic N) is 1. The van der Waals surface area contributed by atoms with Gasteiger partial charge in [0.1, 0.15) is 0 Å². The van der Waals surface area contributed by atoms with Crippen molar-refractivity contribution < 1.29 is 0 Å². The van der Waals surface area contributed by atoms with Gasteiger partial charge >= 0.3 is 0 Å². The molecule has 0 aliphatic heterocycles. The Kier molecular flexibility index (Phi) is 4.96. The maximum Gasteiger partial charge on any atom is 0.0599 e. The molecular weight excluding hydrogens is 148 g/mol. The van der Waals surface area contributed by atoms with Gasteiger partial charge in [-0.2, -0.15) is 0 Å². The zero-order valence-electron chi connectivity index (χ0n) is 8.65. The Labute approximate surface area is 76.3 Å². The topological polar surface area (TPSA) is 15.3 Å². The van der Waals surface area contributed by atoms with E-state index in [1.54, 1.807) is 0 Å². The van der Waals surface area contributed by atoms with E-state index in [1.165, 1.54) is 0 Å². The van der Waals surface area contributed by atoms with E-state index in [-0.39, 0.29) is 5.54 Å². The van der Waals surface area contributed by atoms with E-state index in [2.05, 4.69) is 36.9 Å². The second-order valence-electron chi connectivity index (χ2n) is 3.64. The Morgan fingerprint density at radius 3 is 2.42 bits per heavy atom. The molecule has 0 bridgehead atoms. The second kappa shape index (κ2) is 5.18. The molecule has 0 aliphatic rings. The van der Waals surface area contributed by atoms with E-state index in [0.29, 0.717) is 0 Å². The van der Waals surface area contributed by atoms with Crippen LogP contribution in [0.2, 0.25) is 0 Å². The van der Waals surface area contributed by atoms with Crippen LogP contribution >= 0.6 is 0 Å². The number of rotatable bonds is 5. The molecule has 0 aromatic rings. The molecule has 0 heterocycles. The van der Waals surface area contributed by atoms with Crippen molar-refractivity contribution >= 4 is 0 Å². The number of nitrogens with one attached hydrogen (secondary N) is 1. The van der Waals surface area contributed by atoms with Gasteiger partial charge in [0.05, 0.1) is 6.54 Å². The molecular formula is C10H20N2. The molecule has 2 nitrogen and oxygen atoms in total. The number of hydrogen-bond donors (Lipinski definition) is 1. The summed E-state index contributed by atoms with van der Waals surface area (Å²) in [6.07, 6.45) is 5.25. The molecule has 2 heteroatoms. The van der Waals surface area contributed by atoms with E-state index in [1.807, 2.05) is 7.05 Å². The Morgan fingerprint density at radius 2 is 2.08 bits per heavy atom. The van der Waals surface area contributed by atoms with Gasteiger partial charge in [0, 0.05) is 12.1 Å². The highest BCUT2D eigenvalue weighted by atomic mass is 15.1. The highest BCUT2D eigenvalue weighted by molar-refractivity contribution is 4.90. The van der Waals surface area contributed by atoms with Crippen molar-refractivity contribution in [3.05, 3.63) is 0 Å². The van der Waals surface area contributed by atoms with Crippen molar-refractivity contribution in [2.24, 2.45) is 0 Å². The van der Waals surface area contributed by atoms with Gasteiger partial charge in [0.2, 0.25) is 0 Å². The number of terminal acetylenes is 1. The molecule has 0 amide bonds. The van der Waals surface area contributed by atoms with E-state index >= 15 is 0 Å². The zero-order chi connectivity index (χ0) is 9.61. The average molecular weight is 168 g/mol. The van der Waals surface area contributed by atoms with Crippen LogP contribution in [-0.2, 0) is 0 Å². The lowest BCUT2D eigenvalue weighted by atomic mass is 10.1. The van der Waals surface area contributed by atoms with Crippen LogP contribution in [0, 0.1) is 12.3 Å². The maximum absolute atomic E-state index is 5.25. The smallest absolute Gasteiger partial charge is 0.0599 e. The monoisotopic (exact) mass is 168 g/mol. The molecule has 0 aromatic heterocycles. The third-order valence-electron chi connectivity index (χ3n) is 2.06. The second-order valence-corrected chi connectivity index (χ2v) is 3.64. The summed E-state index contributed by atoms with van der Waals surface area (Å²) < 4.78 is 0. The summed E-state index contributed by atoms with van der Waals surface area (Å²) >= 11 is 0. The lowest BCUT2D eigenvalue weighted by molar-refractivity contribution is 0.236. The molecule has 0 radical (unpaired) electrons. The Bertz CT molecular complexity index is 156. The van der Waals surface area contributed by atoms with Gasteiger partial charge in [-0.15, -0.1) is 6.42 Å². The SMILES string of the molecule is C#CCN(CC)CC(C)(C)NC. The van der Waals surface area contributed by atoms with Gasteiger partial charge < -0.3 is 5.32 Å². The number of hydrogen-bond acceptors (Lipinski definition) is 2. The Morgan fingerprint density at radius 1 is 1.50 bits per heavy atom. The van der Waals surface area contributed by atoms with Crippen molar-refractivity contribution in [2.75, 3.05) is 26.7 Å². The third-order valence-corrected chi connectivity index (χ3v) is 2.06. The largest absolute Gasteiger partial charge is 0.314 e. The van der Waals surface area contributed by atoms with Gasteiger partial charge in [-0.3, -0.25) is 4.90 Å². The van der Waals surface area contributed by atoms with Crippen molar-refractivity contribution in [3.63, 3.8) is 0 Å². The molecule has 0 atom stereocenters. The summed E-state index contributed by atoms with van der Waals surface area (Å²) in [6, 6.07) is 0. The summed E-state index contributed by atoms with van der Waals surface area (Å²) in [7, 11) is 1.98. The highest BCUT2D eigenvalue weighted by Crippen LogP contribution is 2.03. The van der Waals surface area contributed by atoms with E-state index in [0.717, 1.165) is 19.6 Å². The predicted octanol–water partition coefficient (Wildman–Crippen LogP) is 0.940. The minimum absolute atomic E-state index is 0.146. The molecule has 0 spiro atoms. The zero-order valence-corrected chi connectivity index (χ0v) is 8.65. The first kappa shape index (κ1) is 11.5. The molecule has 70 valence electrons. The van der Waals surface area contributed by atoms with Crippen LogP contribution < -0.4 is 5.32 Å². The maximum atomic E-state index is 5.25. The van der Waals surface area contributed by atoms with Crippen molar-refractivity contribution in [1.82, 2.24) is 10.2 Å².